The lowest BCUT2D eigenvalue weighted by atomic mass is 10.0. The molecule has 2 aromatic rings. The quantitative estimate of drug-likeness (QED) is 0.834. The molecule has 0 amide bonds. The SMILES string of the molecule is O=S(=O)(Cc1cccc(Cl)c1)N1C2CCC1CC(n1nccn1)C2. The van der Waals surface area contributed by atoms with E-state index in [0.717, 1.165) is 31.2 Å². The van der Waals surface area contributed by atoms with Crippen LogP contribution in [-0.2, 0) is 15.8 Å². The molecule has 0 saturated carbocycles. The van der Waals surface area contributed by atoms with Gasteiger partial charge < -0.3 is 0 Å². The van der Waals surface area contributed by atoms with Gasteiger partial charge in [0.25, 0.3) is 0 Å². The van der Waals surface area contributed by atoms with Crippen LogP contribution >= 0.6 is 11.6 Å². The van der Waals surface area contributed by atoms with E-state index in [4.69, 9.17) is 11.6 Å². The summed E-state index contributed by atoms with van der Waals surface area (Å²) < 4.78 is 27.7. The van der Waals surface area contributed by atoms with Gasteiger partial charge in [0.05, 0.1) is 24.2 Å². The molecule has 2 fully saturated rings. The van der Waals surface area contributed by atoms with Crippen LogP contribution in [-0.4, -0.2) is 39.8 Å². The van der Waals surface area contributed by atoms with Crippen LogP contribution in [0.25, 0.3) is 0 Å². The van der Waals surface area contributed by atoms with Crippen LogP contribution in [0.4, 0.5) is 0 Å². The van der Waals surface area contributed by atoms with Crippen molar-refractivity contribution in [2.24, 2.45) is 0 Å². The predicted molar refractivity (Wildman–Crippen MR) is 91.0 cm³/mol. The molecule has 2 unspecified atom stereocenters. The highest BCUT2D eigenvalue weighted by Crippen LogP contribution is 2.42. The number of benzene rings is 1. The minimum absolute atomic E-state index is 0.00520. The minimum Gasteiger partial charge on any atom is -0.212 e. The summed E-state index contributed by atoms with van der Waals surface area (Å²) >= 11 is 5.98. The number of hydrogen-bond acceptors (Lipinski definition) is 4. The third-order valence-electron chi connectivity index (χ3n) is 4.96. The fourth-order valence-corrected chi connectivity index (χ4v) is 6.33. The number of fused-ring (bicyclic) bond motifs is 2. The molecule has 8 heteroatoms. The van der Waals surface area contributed by atoms with Crippen molar-refractivity contribution < 1.29 is 8.42 Å². The zero-order chi connectivity index (χ0) is 16.7. The predicted octanol–water partition coefficient (Wildman–Crippen LogP) is 2.63. The Labute approximate surface area is 146 Å². The van der Waals surface area contributed by atoms with E-state index in [1.54, 1.807) is 39.7 Å². The molecule has 24 heavy (non-hydrogen) atoms. The van der Waals surface area contributed by atoms with Crippen molar-refractivity contribution in [3.63, 3.8) is 0 Å². The van der Waals surface area contributed by atoms with Crippen LogP contribution in [0.1, 0.15) is 37.3 Å². The van der Waals surface area contributed by atoms with Gasteiger partial charge in [-0.1, -0.05) is 23.7 Å². The van der Waals surface area contributed by atoms with Crippen LogP contribution in [0.2, 0.25) is 5.02 Å². The summed E-state index contributed by atoms with van der Waals surface area (Å²) in [6, 6.07) is 7.36. The molecule has 4 rings (SSSR count). The van der Waals surface area contributed by atoms with E-state index < -0.39 is 10.0 Å². The molecule has 1 aromatic heterocycles. The number of nitrogens with zero attached hydrogens (tertiary/aromatic N) is 4. The van der Waals surface area contributed by atoms with Gasteiger partial charge in [-0.2, -0.15) is 19.3 Å². The molecule has 6 nitrogen and oxygen atoms in total. The van der Waals surface area contributed by atoms with Gasteiger partial charge in [-0.25, -0.2) is 8.42 Å². The lowest BCUT2D eigenvalue weighted by Gasteiger charge is -2.37. The Morgan fingerprint density at radius 3 is 2.38 bits per heavy atom. The Hall–Kier alpha value is -1.44. The van der Waals surface area contributed by atoms with Crippen LogP contribution < -0.4 is 0 Å². The summed E-state index contributed by atoms with van der Waals surface area (Å²) in [4.78, 5) is 1.73. The molecule has 3 heterocycles. The summed E-state index contributed by atoms with van der Waals surface area (Å²) in [5.41, 5.74) is 0.734. The number of sulfonamides is 1. The normalized spacial score (nSPS) is 27.5. The van der Waals surface area contributed by atoms with Crippen molar-refractivity contribution in [2.75, 3.05) is 0 Å². The molecule has 0 radical (unpaired) electrons. The van der Waals surface area contributed by atoms with Crippen LogP contribution in [0.3, 0.4) is 0 Å². The summed E-state index contributed by atoms with van der Waals surface area (Å²) in [5.74, 6) is 0.00520. The number of aromatic nitrogens is 3. The molecule has 2 aliphatic heterocycles. The standard InChI is InChI=1S/C16H19ClN4O2S/c17-13-3-1-2-12(8-13)11-24(22,23)20-14-4-5-15(20)10-16(9-14)21-18-6-7-19-21/h1-3,6-8,14-16H,4-5,9-11H2. The van der Waals surface area contributed by atoms with E-state index in [9.17, 15) is 8.42 Å². The van der Waals surface area contributed by atoms with Crippen LogP contribution in [0.15, 0.2) is 36.7 Å². The molecule has 1 aromatic carbocycles. The smallest absolute Gasteiger partial charge is 0.212 e. The van der Waals surface area contributed by atoms with Gasteiger partial charge in [-0.05, 0) is 43.4 Å². The number of rotatable bonds is 4. The molecule has 128 valence electrons. The summed E-state index contributed by atoms with van der Waals surface area (Å²) in [6.07, 6.45) is 6.72. The van der Waals surface area contributed by atoms with Crippen LogP contribution in [0, 0.1) is 0 Å². The molecule has 0 N–H and O–H groups in total. The minimum atomic E-state index is -3.36. The summed E-state index contributed by atoms with van der Waals surface area (Å²) in [5, 5.41) is 9.01. The van der Waals surface area contributed by atoms with Gasteiger partial charge >= 0.3 is 0 Å². The molecule has 2 bridgehead atoms. The van der Waals surface area contributed by atoms with E-state index in [0.29, 0.717) is 5.02 Å². The lowest BCUT2D eigenvalue weighted by Crippen LogP contribution is -2.47. The fourth-order valence-electron chi connectivity index (χ4n) is 4.07. The molecular formula is C16H19ClN4O2S. The second-order valence-electron chi connectivity index (χ2n) is 6.58. The first-order valence-electron chi connectivity index (χ1n) is 8.14. The monoisotopic (exact) mass is 366 g/mol. The third-order valence-corrected chi connectivity index (χ3v) is 7.14. The zero-order valence-corrected chi connectivity index (χ0v) is 14.7. The molecule has 2 atom stereocenters. The maximum atomic E-state index is 13.0. The zero-order valence-electron chi connectivity index (χ0n) is 13.1. The highest BCUT2D eigenvalue weighted by Gasteiger charge is 2.47. The van der Waals surface area contributed by atoms with E-state index in [1.807, 2.05) is 6.07 Å². The second kappa shape index (κ2) is 6.13. The van der Waals surface area contributed by atoms with Crippen LogP contribution in [0.5, 0.6) is 0 Å². The van der Waals surface area contributed by atoms with Crippen molar-refractivity contribution in [2.45, 2.75) is 49.6 Å². The van der Waals surface area contributed by atoms with Gasteiger partial charge in [-0.15, -0.1) is 0 Å². The van der Waals surface area contributed by atoms with Gasteiger partial charge in [-0.3, -0.25) is 0 Å². The van der Waals surface area contributed by atoms with Gasteiger partial charge in [0, 0.05) is 17.1 Å². The molecule has 2 aliphatic rings. The average molecular weight is 367 g/mol. The number of piperidine rings is 1. The van der Waals surface area contributed by atoms with E-state index in [-0.39, 0.29) is 23.9 Å². The van der Waals surface area contributed by atoms with Crippen molar-refractivity contribution in [1.82, 2.24) is 19.3 Å². The molecular weight excluding hydrogens is 348 g/mol. The first kappa shape index (κ1) is 16.1. The van der Waals surface area contributed by atoms with Gasteiger partial charge in [0.15, 0.2) is 0 Å². The topological polar surface area (TPSA) is 68.1 Å². The maximum absolute atomic E-state index is 13.0. The lowest BCUT2D eigenvalue weighted by molar-refractivity contribution is 0.174. The Morgan fingerprint density at radius 2 is 1.75 bits per heavy atom. The number of hydrogen-bond donors (Lipinski definition) is 0. The fraction of sp³-hybridized carbons (Fsp3) is 0.500. The van der Waals surface area contributed by atoms with Crippen molar-refractivity contribution in [3.05, 3.63) is 47.2 Å². The molecule has 0 spiro atoms. The Bertz CT molecular complexity index is 810. The number of halogens is 1. The van der Waals surface area contributed by atoms with Gasteiger partial charge in [0.2, 0.25) is 10.0 Å². The highest BCUT2D eigenvalue weighted by atomic mass is 35.5. The third kappa shape index (κ3) is 2.96. The molecule has 0 aliphatic carbocycles. The maximum Gasteiger partial charge on any atom is 0.218 e. The second-order valence-corrected chi connectivity index (χ2v) is 8.89. The average Bonchev–Trinajstić information content (AvgIpc) is 3.14. The summed E-state index contributed by atoms with van der Waals surface area (Å²) in [7, 11) is -3.36. The highest BCUT2D eigenvalue weighted by molar-refractivity contribution is 7.88. The van der Waals surface area contributed by atoms with Crippen molar-refractivity contribution in [3.8, 4) is 0 Å². The van der Waals surface area contributed by atoms with E-state index >= 15 is 0 Å². The van der Waals surface area contributed by atoms with E-state index in [2.05, 4.69) is 10.2 Å². The Morgan fingerprint density at radius 1 is 1.08 bits per heavy atom. The Balaban J connectivity index is 1.54. The molecule has 2 saturated heterocycles. The van der Waals surface area contributed by atoms with Gasteiger partial charge in [0.1, 0.15) is 0 Å². The first-order valence-corrected chi connectivity index (χ1v) is 10.1. The van der Waals surface area contributed by atoms with Crippen molar-refractivity contribution >= 4 is 21.6 Å². The largest absolute Gasteiger partial charge is 0.218 e. The summed E-state index contributed by atoms with van der Waals surface area (Å²) in [6.45, 7) is 0. The van der Waals surface area contributed by atoms with Crippen molar-refractivity contribution in [1.29, 1.82) is 0 Å². The first-order chi connectivity index (χ1) is 11.5. The Kier molecular flexibility index (Phi) is 4.10. The van der Waals surface area contributed by atoms with E-state index in [1.165, 1.54) is 0 Å².